The Morgan fingerprint density at radius 3 is 0.870 bits per heavy atom. The maximum Gasteiger partial charge on any atom is 0.306 e. The Labute approximate surface area is 283 Å². The van der Waals surface area contributed by atoms with Gasteiger partial charge in [0, 0.05) is 0 Å². The van der Waals surface area contributed by atoms with Gasteiger partial charge in [-0.2, -0.15) is 0 Å². The van der Waals surface area contributed by atoms with E-state index in [1.807, 2.05) is 0 Å². The van der Waals surface area contributed by atoms with Crippen LogP contribution in [0.4, 0.5) is 0 Å². The molecule has 0 radical (unpaired) electrons. The van der Waals surface area contributed by atoms with E-state index in [4.69, 9.17) is 15.3 Å². The lowest BCUT2D eigenvalue weighted by atomic mass is 9.96. The zero-order valence-corrected chi connectivity index (χ0v) is 30.6. The number of nitrogens with zero attached hydrogens (tertiary/aromatic N) is 1. The van der Waals surface area contributed by atoms with E-state index in [0.717, 1.165) is 0 Å². The van der Waals surface area contributed by atoms with Crippen molar-refractivity contribution in [3.05, 3.63) is 0 Å². The van der Waals surface area contributed by atoms with Crippen LogP contribution in [0, 0.1) is 0 Å². The maximum absolute atomic E-state index is 10.2. The van der Waals surface area contributed by atoms with Crippen molar-refractivity contribution in [2.75, 3.05) is 26.2 Å². The standard InChI is InChI=1S/C32H68N.C6H8O7/c1-5-9-13-17-21-25-29-33(30-26-22-18-14-10-6-2,31-27-23-19-15-11-7-3)32-28-24-20-16-12-8-4;7-3(8)1-6(13,5(11)12)2-4(9)10/h5-32H2,1-4H3;13H,1-2H2,(H,7,8)(H,9,10)(H,11,12)/q+1;/p-1. The largest absolute Gasteiger partial charge is 0.547 e. The molecule has 8 heteroatoms. The Morgan fingerprint density at radius 2 is 0.674 bits per heavy atom. The average molecular weight is 658 g/mol. The number of hydrogen-bond acceptors (Lipinski definition) is 5. The molecule has 3 N–H and O–H groups in total. The first-order chi connectivity index (χ1) is 22.0. The van der Waals surface area contributed by atoms with Crippen LogP contribution in [0.1, 0.15) is 195 Å². The number of aliphatic carboxylic acids is 3. The highest BCUT2D eigenvalue weighted by molar-refractivity contribution is 5.86. The van der Waals surface area contributed by atoms with Crippen molar-refractivity contribution in [2.24, 2.45) is 0 Å². The van der Waals surface area contributed by atoms with E-state index in [0.29, 0.717) is 0 Å². The molecule has 0 aromatic rings. The van der Waals surface area contributed by atoms with Crippen LogP contribution in [0.25, 0.3) is 0 Å². The molecule has 0 aliphatic rings. The highest BCUT2D eigenvalue weighted by Crippen LogP contribution is 2.21. The topological polar surface area (TPSA) is 135 Å². The predicted molar refractivity (Wildman–Crippen MR) is 188 cm³/mol. The molecule has 0 saturated carbocycles. The van der Waals surface area contributed by atoms with Gasteiger partial charge in [-0.05, 0) is 51.4 Å². The molecule has 8 nitrogen and oxygen atoms in total. The molecule has 0 unspecified atom stereocenters. The number of aliphatic hydroxyl groups is 1. The molecule has 0 bridgehead atoms. The van der Waals surface area contributed by atoms with Crippen LogP contribution in [0.15, 0.2) is 0 Å². The minimum Gasteiger partial charge on any atom is -0.547 e. The van der Waals surface area contributed by atoms with Gasteiger partial charge in [-0.1, -0.05) is 130 Å². The number of carboxylic acid groups (broad SMARTS) is 3. The summed E-state index contributed by atoms with van der Waals surface area (Å²) in [4.78, 5) is 30.3. The first-order valence-electron chi connectivity index (χ1n) is 19.2. The van der Waals surface area contributed by atoms with Crippen molar-refractivity contribution >= 4 is 17.9 Å². The molecule has 274 valence electrons. The number of carbonyl (C=O) groups is 3. The van der Waals surface area contributed by atoms with E-state index in [9.17, 15) is 19.5 Å². The van der Waals surface area contributed by atoms with E-state index < -0.39 is 36.4 Å². The quantitative estimate of drug-likeness (QED) is 0.0475. The van der Waals surface area contributed by atoms with Gasteiger partial charge in [-0.3, -0.25) is 9.59 Å². The fraction of sp³-hybridized carbons (Fsp3) is 0.921. The van der Waals surface area contributed by atoms with Gasteiger partial charge in [-0.25, -0.2) is 0 Å². The molecule has 0 aliphatic carbocycles. The second-order valence-electron chi connectivity index (χ2n) is 13.8. The second kappa shape index (κ2) is 31.9. The minimum atomic E-state index is -2.85. The Balaban J connectivity index is 0. The van der Waals surface area contributed by atoms with Crippen LogP contribution >= 0.6 is 0 Å². The van der Waals surface area contributed by atoms with Crippen LogP contribution in [0.3, 0.4) is 0 Å². The van der Waals surface area contributed by atoms with E-state index in [1.165, 1.54) is 185 Å². The number of carbonyl (C=O) groups excluding carboxylic acids is 1. The van der Waals surface area contributed by atoms with Crippen LogP contribution in [-0.2, 0) is 14.4 Å². The molecule has 0 aromatic heterocycles. The zero-order chi connectivity index (χ0) is 34.9. The Kier molecular flexibility index (Phi) is 32.2. The van der Waals surface area contributed by atoms with Crippen LogP contribution < -0.4 is 5.11 Å². The lowest BCUT2D eigenvalue weighted by Crippen LogP contribution is -2.51. The van der Waals surface area contributed by atoms with Crippen molar-refractivity contribution in [1.29, 1.82) is 0 Å². The summed E-state index contributed by atoms with van der Waals surface area (Å²) in [6.07, 6.45) is 32.4. The van der Waals surface area contributed by atoms with Crippen molar-refractivity contribution in [1.82, 2.24) is 0 Å². The molecule has 0 aliphatic heterocycles. The minimum absolute atomic E-state index is 1.21. The highest BCUT2D eigenvalue weighted by atomic mass is 16.4. The van der Waals surface area contributed by atoms with Gasteiger partial charge in [-0.15, -0.1) is 0 Å². The van der Waals surface area contributed by atoms with Gasteiger partial charge in [0.1, 0.15) is 5.60 Å². The van der Waals surface area contributed by atoms with Crippen LogP contribution in [0.2, 0.25) is 0 Å². The van der Waals surface area contributed by atoms with Gasteiger partial charge in [0.15, 0.2) is 0 Å². The SMILES string of the molecule is CCCCCCCC[N+](CCCCCCCC)(CCCCCCCC)CCCCCCCC.O=C(O)CC(O)(CC(=O)O)C(=O)[O-]. The number of quaternary nitrogens is 1. The number of carboxylic acids is 3. The number of rotatable bonds is 33. The van der Waals surface area contributed by atoms with Gasteiger partial charge >= 0.3 is 11.9 Å². The normalized spacial score (nSPS) is 11.7. The summed E-state index contributed by atoms with van der Waals surface area (Å²) in [5.41, 5.74) is -2.85. The molecule has 46 heavy (non-hydrogen) atoms. The summed E-state index contributed by atoms with van der Waals surface area (Å²) in [5.74, 6) is -5.35. The van der Waals surface area contributed by atoms with E-state index in [-0.39, 0.29) is 0 Å². The molecular weight excluding hydrogens is 582 g/mol. The molecule has 0 spiro atoms. The Bertz CT molecular complexity index is 642. The summed E-state index contributed by atoms with van der Waals surface area (Å²) in [7, 11) is 0. The fourth-order valence-corrected chi connectivity index (χ4v) is 6.29. The van der Waals surface area contributed by atoms with Gasteiger partial charge < -0.3 is 29.7 Å². The number of hydrogen-bond donors (Lipinski definition) is 3. The Morgan fingerprint density at radius 1 is 0.457 bits per heavy atom. The van der Waals surface area contributed by atoms with Gasteiger partial charge in [0.05, 0.1) is 45.0 Å². The summed E-state index contributed by atoms with van der Waals surface area (Å²) in [5, 5.41) is 35.5. The van der Waals surface area contributed by atoms with Crippen molar-refractivity contribution in [2.45, 2.75) is 200 Å². The first-order valence-corrected chi connectivity index (χ1v) is 19.2. The van der Waals surface area contributed by atoms with Crippen molar-refractivity contribution in [3.8, 4) is 0 Å². The molecule has 0 atom stereocenters. The molecular formula is C38H75NO7. The second-order valence-corrected chi connectivity index (χ2v) is 13.8. The fourth-order valence-electron chi connectivity index (χ4n) is 6.29. The summed E-state index contributed by atoms with van der Waals surface area (Å²) >= 11 is 0. The molecule has 0 fully saturated rings. The lowest BCUT2D eigenvalue weighted by Gasteiger charge is -2.40. The van der Waals surface area contributed by atoms with E-state index >= 15 is 0 Å². The van der Waals surface area contributed by atoms with E-state index in [1.54, 1.807) is 0 Å². The smallest absolute Gasteiger partial charge is 0.306 e. The molecule has 0 rings (SSSR count). The third-order valence-corrected chi connectivity index (χ3v) is 9.21. The van der Waals surface area contributed by atoms with Crippen molar-refractivity contribution < 1.29 is 39.3 Å². The molecule has 0 aromatic carbocycles. The maximum atomic E-state index is 10.2. The van der Waals surface area contributed by atoms with Gasteiger partial charge in [0.2, 0.25) is 0 Å². The molecule has 0 amide bonds. The number of unbranched alkanes of at least 4 members (excludes halogenated alkanes) is 20. The van der Waals surface area contributed by atoms with Crippen molar-refractivity contribution in [3.63, 3.8) is 0 Å². The third-order valence-electron chi connectivity index (χ3n) is 9.21. The monoisotopic (exact) mass is 658 g/mol. The first kappa shape index (κ1) is 46.4. The third kappa shape index (κ3) is 28.5. The van der Waals surface area contributed by atoms with Crippen LogP contribution in [0.5, 0.6) is 0 Å². The predicted octanol–water partition coefficient (Wildman–Crippen LogP) is 8.66. The zero-order valence-electron chi connectivity index (χ0n) is 30.6. The van der Waals surface area contributed by atoms with Crippen LogP contribution in [-0.4, -0.2) is 69.5 Å². The van der Waals surface area contributed by atoms with E-state index in [2.05, 4.69) is 27.7 Å². The van der Waals surface area contributed by atoms with Gasteiger partial charge in [0.25, 0.3) is 0 Å². The summed E-state index contributed by atoms with van der Waals surface area (Å²) in [6, 6.07) is 0. The lowest BCUT2D eigenvalue weighted by molar-refractivity contribution is -0.929. The highest BCUT2D eigenvalue weighted by Gasteiger charge is 2.34. The molecule has 0 heterocycles. The average Bonchev–Trinajstić information content (AvgIpc) is 2.99. The molecule has 0 saturated heterocycles. The summed E-state index contributed by atoms with van der Waals surface area (Å²) < 4.78 is 1.48. The Hall–Kier alpha value is -1.67. The summed E-state index contributed by atoms with van der Waals surface area (Å²) in [6.45, 7) is 15.3.